The van der Waals surface area contributed by atoms with E-state index in [1.807, 2.05) is 63.2 Å². The normalized spacial score (nSPS) is 16.8. The SMILES string of the molecule is Cc1cccc2nnc(N3CCC[C@H](C(=O)NCc4ccc(OC(C)C)cc4)C3)n12. The average Bonchev–Trinajstić information content (AvgIpc) is 3.18. The second-order valence-corrected chi connectivity index (χ2v) is 8.17. The lowest BCUT2D eigenvalue weighted by Gasteiger charge is -2.32. The van der Waals surface area contributed by atoms with Crippen LogP contribution >= 0.6 is 0 Å². The highest BCUT2D eigenvalue weighted by Crippen LogP contribution is 2.24. The van der Waals surface area contributed by atoms with Crippen LogP contribution in [0, 0.1) is 12.8 Å². The molecule has 1 aliphatic heterocycles. The van der Waals surface area contributed by atoms with Gasteiger partial charge in [-0.2, -0.15) is 0 Å². The second-order valence-electron chi connectivity index (χ2n) is 8.17. The molecule has 0 unspecified atom stereocenters. The largest absolute Gasteiger partial charge is 0.491 e. The summed E-state index contributed by atoms with van der Waals surface area (Å²) in [6, 6.07) is 13.9. The molecule has 1 atom stereocenters. The Kier molecular flexibility index (Phi) is 5.88. The zero-order chi connectivity index (χ0) is 21.1. The molecule has 2 aromatic heterocycles. The van der Waals surface area contributed by atoms with Crippen LogP contribution in [-0.4, -0.2) is 39.7 Å². The first-order chi connectivity index (χ1) is 14.5. The molecular formula is C23H29N5O2. The predicted octanol–water partition coefficient (Wildman–Crippen LogP) is 3.36. The minimum Gasteiger partial charge on any atom is -0.491 e. The summed E-state index contributed by atoms with van der Waals surface area (Å²) in [6.07, 6.45) is 2.00. The fourth-order valence-corrected chi connectivity index (χ4v) is 3.95. The molecule has 1 aliphatic rings. The van der Waals surface area contributed by atoms with E-state index in [0.717, 1.165) is 48.0 Å². The molecule has 0 bridgehead atoms. The van der Waals surface area contributed by atoms with E-state index in [9.17, 15) is 4.79 Å². The zero-order valence-electron chi connectivity index (χ0n) is 17.8. The number of carbonyl (C=O) groups is 1. The number of hydrogen-bond acceptors (Lipinski definition) is 5. The standard InChI is InChI=1S/C23H29N5O2/c1-16(2)30-20-11-9-18(10-12-20)14-24-22(29)19-7-5-13-27(15-19)23-26-25-21-8-4-6-17(3)28(21)23/h4,6,8-12,16,19H,5,7,13-15H2,1-3H3,(H,24,29)/t19-/m0/s1. The summed E-state index contributed by atoms with van der Waals surface area (Å²) in [4.78, 5) is 15.0. The van der Waals surface area contributed by atoms with Gasteiger partial charge in [0.15, 0.2) is 5.65 Å². The number of benzene rings is 1. The third-order valence-electron chi connectivity index (χ3n) is 5.44. The maximum absolute atomic E-state index is 12.8. The van der Waals surface area contributed by atoms with Crippen LogP contribution in [-0.2, 0) is 11.3 Å². The van der Waals surface area contributed by atoms with Crippen molar-refractivity contribution in [1.29, 1.82) is 0 Å². The van der Waals surface area contributed by atoms with Crippen LogP contribution < -0.4 is 15.0 Å². The van der Waals surface area contributed by atoms with Crippen molar-refractivity contribution in [2.24, 2.45) is 5.92 Å². The third kappa shape index (κ3) is 4.40. The molecule has 0 spiro atoms. The van der Waals surface area contributed by atoms with Gasteiger partial charge in [0.2, 0.25) is 11.9 Å². The van der Waals surface area contributed by atoms with E-state index in [4.69, 9.17) is 4.74 Å². The number of carbonyl (C=O) groups excluding carboxylic acids is 1. The molecule has 0 radical (unpaired) electrons. The lowest BCUT2D eigenvalue weighted by atomic mass is 9.97. The summed E-state index contributed by atoms with van der Waals surface area (Å²) in [7, 11) is 0. The Morgan fingerprint density at radius 2 is 2.00 bits per heavy atom. The van der Waals surface area contributed by atoms with Crippen LogP contribution in [0.25, 0.3) is 5.65 Å². The van der Waals surface area contributed by atoms with E-state index < -0.39 is 0 Å². The van der Waals surface area contributed by atoms with Crippen molar-refractivity contribution in [3.8, 4) is 5.75 Å². The first-order valence-electron chi connectivity index (χ1n) is 10.6. The first kappa shape index (κ1) is 20.2. The molecule has 1 amide bonds. The van der Waals surface area contributed by atoms with Gasteiger partial charge < -0.3 is 15.0 Å². The van der Waals surface area contributed by atoms with Crippen LogP contribution in [0.15, 0.2) is 42.5 Å². The predicted molar refractivity (Wildman–Crippen MR) is 117 cm³/mol. The minimum atomic E-state index is -0.0568. The van der Waals surface area contributed by atoms with Crippen LogP contribution in [0.5, 0.6) is 5.75 Å². The fraction of sp³-hybridized carbons (Fsp3) is 0.435. The van der Waals surface area contributed by atoms with E-state index in [0.29, 0.717) is 13.1 Å². The highest BCUT2D eigenvalue weighted by Gasteiger charge is 2.28. The highest BCUT2D eigenvalue weighted by molar-refractivity contribution is 5.79. The molecule has 1 N–H and O–H groups in total. The molecule has 1 aromatic carbocycles. The maximum Gasteiger partial charge on any atom is 0.231 e. The molecule has 158 valence electrons. The fourth-order valence-electron chi connectivity index (χ4n) is 3.95. The Labute approximate surface area is 177 Å². The van der Waals surface area contributed by atoms with Crippen LogP contribution in [0.3, 0.4) is 0 Å². The van der Waals surface area contributed by atoms with E-state index in [1.54, 1.807) is 0 Å². The summed E-state index contributed by atoms with van der Waals surface area (Å²) in [5.74, 6) is 1.70. The lowest BCUT2D eigenvalue weighted by Crippen LogP contribution is -2.43. The van der Waals surface area contributed by atoms with Crippen molar-refractivity contribution >= 4 is 17.5 Å². The summed E-state index contributed by atoms with van der Waals surface area (Å²) in [5.41, 5.74) is 2.98. The monoisotopic (exact) mass is 407 g/mol. The topological polar surface area (TPSA) is 71.8 Å². The molecule has 3 aromatic rings. The number of aryl methyl sites for hydroxylation is 1. The van der Waals surface area contributed by atoms with Gasteiger partial charge in [0.05, 0.1) is 12.0 Å². The van der Waals surface area contributed by atoms with E-state index in [1.165, 1.54) is 0 Å². The maximum atomic E-state index is 12.8. The molecule has 30 heavy (non-hydrogen) atoms. The van der Waals surface area contributed by atoms with Gasteiger partial charge in [-0.3, -0.25) is 9.20 Å². The third-order valence-corrected chi connectivity index (χ3v) is 5.44. The van der Waals surface area contributed by atoms with Crippen molar-refractivity contribution in [1.82, 2.24) is 19.9 Å². The van der Waals surface area contributed by atoms with E-state index in [-0.39, 0.29) is 17.9 Å². The van der Waals surface area contributed by atoms with E-state index >= 15 is 0 Å². The quantitative estimate of drug-likeness (QED) is 0.678. The van der Waals surface area contributed by atoms with Gasteiger partial charge in [-0.05, 0) is 63.4 Å². The zero-order valence-corrected chi connectivity index (χ0v) is 17.8. The molecule has 0 saturated carbocycles. The van der Waals surface area contributed by atoms with Crippen molar-refractivity contribution in [3.05, 3.63) is 53.7 Å². The van der Waals surface area contributed by atoms with Crippen LogP contribution in [0.1, 0.15) is 37.9 Å². The summed E-state index contributed by atoms with van der Waals surface area (Å²) in [6.45, 7) is 8.12. The van der Waals surface area contributed by atoms with Gasteiger partial charge in [-0.25, -0.2) is 0 Å². The van der Waals surface area contributed by atoms with Crippen molar-refractivity contribution in [2.45, 2.75) is 46.3 Å². The van der Waals surface area contributed by atoms with Gasteiger partial charge >= 0.3 is 0 Å². The van der Waals surface area contributed by atoms with Crippen molar-refractivity contribution in [2.75, 3.05) is 18.0 Å². The molecule has 7 nitrogen and oxygen atoms in total. The summed E-state index contributed by atoms with van der Waals surface area (Å²) < 4.78 is 7.73. The number of pyridine rings is 1. The van der Waals surface area contributed by atoms with Crippen molar-refractivity contribution < 1.29 is 9.53 Å². The Balaban J connectivity index is 1.38. The molecule has 7 heteroatoms. The first-order valence-corrected chi connectivity index (χ1v) is 10.6. The average molecular weight is 408 g/mol. The molecule has 3 heterocycles. The summed E-state index contributed by atoms with van der Waals surface area (Å²) >= 11 is 0. The number of hydrogen-bond donors (Lipinski definition) is 1. The second kappa shape index (κ2) is 8.73. The highest BCUT2D eigenvalue weighted by atomic mass is 16.5. The molecule has 0 aliphatic carbocycles. The Morgan fingerprint density at radius 1 is 1.20 bits per heavy atom. The van der Waals surface area contributed by atoms with Gasteiger partial charge in [0, 0.05) is 25.3 Å². The molecule has 4 rings (SSSR count). The number of piperidine rings is 1. The van der Waals surface area contributed by atoms with Gasteiger partial charge in [-0.1, -0.05) is 18.2 Å². The number of aromatic nitrogens is 3. The number of rotatable bonds is 6. The van der Waals surface area contributed by atoms with Gasteiger partial charge in [0.25, 0.3) is 0 Å². The number of nitrogens with zero attached hydrogens (tertiary/aromatic N) is 4. The molecule has 1 fully saturated rings. The molecular weight excluding hydrogens is 378 g/mol. The number of ether oxygens (including phenoxy) is 1. The van der Waals surface area contributed by atoms with Crippen LogP contribution in [0.4, 0.5) is 5.95 Å². The van der Waals surface area contributed by atoms with Crippen molar-refractivity contribution in [3.63, 3.8) is 0 Å². The number of anilines is 1. The Morgan fingerprint density at radius 3 is 2.77 bits per heavy atom. The van der Waals surface area contributed by atoms with Gasteiger partial charge in [0.1, 0.15) is 5.75 Å². The lowest BCUT2D eigenvalue weighted by molar-refractivity contribution is -0.125. The molecule has 1 saturated heterocycles. The Bertz CT molecular complexity index is 1010. The number of nitrogens with one attached hydrogen (secondary N) is 1. The number of amides is 1. The Hall–Kier alpha value is -3.09. The van der Waals surface area contributed by atoms with Crippen LogP contribution in [0.2, 0.25) is 0 Å². The summed E-state index contributed by atoms with van der Waals surface area (Å²) in [5, 5.41) is 11.8. The number of fused-ring (bicyclic) bond motifs is 1. The van der Waals surface area contributed by atoms with Gasteiger partial charge in [-0.15, -0.1) is 10.2 Å². The minimum absolute atomic E-state index is 0.0568. The van der Waals surface area contributed by atoms with E-state index in [2.05, 4.69) is 24.8 Å². The smallest absolute Gasteiger partial charge is 0.231 e.